The lowest BCUT2D eigenvalue weighted by Crippen LogP contribution is -2.35. The molecular weight excluding hydrogens is 271 g/mol. The molecule has 2 N–H and O–H groups in total. The molecular formula is C13H16F3N3O. The molecule has 2 rings (SSSR count). The zero-order valence-electron chi connectivity index (χ0n) is 11.0. The van der Waals surface area contributed by atoms with Gasteiger partial charge in [-0.15, -0.1) is 0 Å². The summed E-state index contributed by atoms with van der Waals surface area (Å²) in [5, 5.41) is 0. The molecule has 0 aromatic heterocycles. The zero-order chi connectivity index (χ0) is 14.9. The van der Waals surface area contributed by atoms with E-state index in [0.717, 1.165) is 12.1 Å². The van der Waals surface area contributed by atoms with E-state index in [1.807, 2.05) is 0 Å². The van der Waals surface area contributed by atoms with Gasteiger partial charge >= 0.3 is 12.2 Å². The third kappa shape index (κ3) is 3.04. The third-order valence-electron chi connectivity index (χ3n) is 3.36. The van der Waals surface area contributed by atoms with Crippen LogP contribution < -0.4 is 5.73 Å². The van der Waals surface area contributed by atoms with Crippen molar-refractivity contribution in [3.05, 3.63) is 35.4 Å². The minimum Gasteiger partial charge on any atom is -0.326 e. The molecule has 20 heavy (non-hydrogen) atoms. The van der Waals surface area contributed by atoms with E-state index in [-0.39, 0.29) is 12.6 Å². The molecule has 1 saturated heterocycles. The minimum atomic E-state index is -4.39. The molecule has 4 nitrogen and oxygen atoms in total. The normalized spacial score (nSPS) is 17.8. The number of halogens is 3. The molecule has 0 saturated carbocycles. The number of rotatable bonds is 3. The molecule has 0 radical (unpaired) electrons. The van der Waals surface area contributed by atoms with Crippen LogP contribution in [0.5, 0.6) is 0 Å². The van der Waals surface area contributed by atoms with Gasteiger partial charge in [0.2, 0.25) is 0 Å². The number of urea groups is 1. The predicted molar refractivity (Wildman–Crippen MR) is 68.0 cm³/mol. The Hall–Kier alpha value is -1.76. The number of carbonyl (C=O) groups excluding carboxylic acids is 1. The summed E-state index contributed by atoms with van der Waals surface area (Å²) in [4.78, 5) is 14.8. The van der Waals surface area contributed by atoms with Gasteiger partial charge in [0.25, 0.3) is 0 Å². The number of nitrogens with two attached hydrogens (primary N) is 1. The predicted octanol–water partition coefficient (Wildman–Crippen LogP) is 2.07. The highest BCUT2D eigenvalue weighted by Crippen LogP contribution is 2.30. The number of amides is 2. The highest BCUT2D eigenvalue weighted by molar-refractivity contribution is 5.76. The second-order valence-electron chi connectivity index (χ2n) is 4.88. The van der Waals surface area contributed by atoms with Crippen LogP contribution in [0.3, 0.4) is 0 Å². The van der Waals surface area contributed by atoms with E-state index in [1.54, 1.807) is 22.9 Å². The van der Waals surface area contributed by atoms with Crippen LogP contribution in [0.15, 0.2) is 24.3 Å². The smallest absolute Gasteiger partial charge is 0.326 e. The molecule has 0 aliphatic carbocycles. The number of hydrogen-bond donors (Lipinski definition) is 1. The molecule has 1 atom stereocenters. The van der Waals surface area contributed by atoms with E-state index in [1.165, 1.54) is 6.07 Å². The van der Waals surface area contributed by atoms with Gasteiger partial charge < -0.3 is 15.5 Å². The van der Waals surface area contributed by atoms with E-state index < -0.39 is 17.8 Å². The number of likely N-dealkylation sites (N-methyl/N-ethyl adjacent to an activating group) is 1. The Morgan fingerprint density at radius 2 is 2.05 bits per heavy atom. The van der Waals surface area contributed by atoms with Crippen LogP contribution in [-0.2, 0) is 6.18 Å². The maximum atomic E-state index is 12.6. The van der Waals surface area contributed by atoms with Crippen molar-refractivity contribution in [3.63, 3.8) is 0 Å². The maximum Gasteiger partial charge on any atom is 0.416 e. The molecule has 0 spiro atoms. The van der Waals surface area contributed by atoms with E-state index >= 15 is 0 Å². The Morgan fingerprint density at radius 1 is 1.35 bits per heavy atom. The van der Waals surface area contributed by atoms with Crippen molar-refractivity contribution < 1.29 is 18.0 Å². The van der Waals surface area contributed by atoms with Crippen LogP contribution in [-0.4, -0.2) is 42.5 Å². The molecule has 1 unspecified atom stereocenters. The summed E-state index contributed by atoms with van der Waals surface area (Å²) in [6, 6.07) is 4.14. The first-order chi connectivity index (χ1) is 9.29. The largest absolute Gasteiger partial charge is 0.416 e. The van der Waals surface area contributed by atoms with Crippen molar-refractivity contribution in [2.24, 2.45) is 5.73 Å². The summed E-state index contributed by atoms with van der Waals surface area (Å²) in [5.74, 6) is 0. The van der Waals surface area contributed by atoms with Gasteiger partial charge in [-0.1, -0.05) is 12.1 Å². The van der Waals surface area contributed by atoms with Crippen LogP contribution in [0, 0.1) is 0 Å². The summed E-state index contributed by atoms with van der Waals surface area (Å²) >= 11 is 0. The first-order valence-electron chi connectivity index (χ1n) is 6.22. The Morgan fingerprint density at radius 3 is 2.60 bits per heavy atom. The SMILES string of the molecule is CN1CCN(CC(N)c2cccc(C(F)(F)F)c2)C1=O. The number of carbonyl (C=O) groups is 1. The highest BCUT2D eigenvalue weighted by Gasteiger charge is 2.31. The van der Waals surface area contributed by atoms with Crippen LogP contribution in [0.25, 0.3) is 0 Å². The zero-order valence-corrected chi connectivity index (χ0v) is 11.0. The number of hydrogen-bond acceptors (Lipinski definition) is 2. The summed E-state index contributed by atoms with van der Waals surface area (Å²) in [6.45, 7) is 1.36. The molecule has 0 bridgehead atoms. The van der Waals surface area contributed by atoms with Crippen LogP contribution in [0.2, 0.25) is 0 Å². The molecule has 110 valence electrons. The fourth-order valence-electron chi connectivity index (χ4n) is 2.16. The van der Waals surface area contributed by atoms with E-state index in [2.05, 4.69) is 0 Å². The Kier molecular flexibility index (Phi) is 3.89. The van der Waals surface area contributed by atoms with Crippen molar-refractivity contribution in [1.82, 2.24) is 9.80 Å². The van der Waals surface area contributed by atoms with Crippen molar-refractivity contribution in [2.75, 3.05) is 26.7 Å². The van der Waals surface area contributed by atoms with Crippen LogP contribution in [0.4, 0.5) is 18.0 Å². The first-order valence-corrected chi connectivity index (χ1v) is 6.22. The third-order valence-corrected chi connectivity index (χ3v) is 3.36. The van der Waals surface area contributed by atoms with Gasteiger partial charge in [0.1, 0.15) is 0 Å². The maximum absolute atomic E-state index is 12.6. The highest BCUT2D eigenvalue weighted by atomic mass is 19.4. The van der Waals surface area contributed by atoms with Crippen molar-refractivity contribution in [1.29, 1.82) is 0 Å². The van der Waals surface area contributed by atoms with Gasteiger partial charge in [0.05, 0.1) is 5.56 Å². The fraction of sp³-hybridized carbons (Fsp3) is 0.462. The molecule has 1 aromatic rings. The first kappa shape index (κ1) is 14.6. The topological polar surface area (TPSA) is 49.6 Å². The molecule has 1 aliphatic rings. The summed E-state index contributed by atoms with van der Waals surface area (Å²) < 4.78 is 37.9. The second kappa shape index (κ2) is 5.32. The Labute approximate surface area is 114 Å². The van der Waals surface area contributed by atoms with Crippen molar-refractivity contribution >= 4 is 6.03 Å². The van der Waals surface area contributed by atoms with Crippen LogP contribution in [0.1, 0.15) is 17.2 Å². The quantitative estimate of drug-likeness (QED) is 0.925. The van der Waals surface area contributed by atoms with Gasteiger partial charge in [-0.25, -0.2) is 4.79 Å². The van der Waals surface area contributed by atoms with E-state index in [9.17, 15) is 18.0 Å². The van der Waals surface area contributed by atoms with E-state index in [0.29, 0.717) is 18.7 Å². The van der Waals surface area contributed by atoms with Crippen molar-refractivity contribution in [3.8, 4) is 0 Å². The average molecular weight is 287 g/mol. The Balaban J connectivity index is 2.10. The molecule has 1 fully saturated rings. The monoisotopic (exact) mass is 287 g/mol. The number of benzene rings is 1. The second-order valence-corrected chi connectivity index (χ2v) is 4.88. The average Bonchev–Trinajstić information content (AvgIpc) is 2.70. The molecule has 7 heteroatoms. The standard InChI is InChI=1S/C13H16F3N3O/c1-18-5-6-19(12(18)20)8-11(17)9-3-2-4-10(7-9)13(14,15)16/h2-4,7,11H,5-6,8,17H2,1H3. The molecule has 1 aliphatic heterocycles. The van der Waals surface area contributed by atoms with Gasteiger partial charge in [0.15, 0.2) is 0 Å². The molecule has 1 heterocycles. The van der Waals surface area contributed by atoms with E-state index in [4.69, 9.17) is 5.73 Å². The lowest BCUT2D eigenvalue weighted by Gasteiger charge is -2.21. The fourth-order valence-corrected chi connectivity index (χ4v) is 2.16. The van der Waals surface area contributed by atoms with Gasteiger partial charge in [0, 0.05) is 32.7 Å². The summed E-state index contributed by atoms with van der Waals surface area (Å²) in [5.41, 5.74) is 5.57. The van der Waals surface area contributed by atoms with Crippen molar-refractivity contribution in [2.45, 2.75) is 12.2 Å². The Bertz CT molecular complexity index is 504. The minimum absolute atomic E-state index is 0.146. The molecule has 2 amide bonds. The lowest BCUT2D eigenvalue weighted by molar-refractivity contribution is -0.137. The summed E-state index contributed by atoms with van der Waals surface area (Å²) in [7, 11) is 1.68. The van der Waals surface area contributed by atoms with Crippen LogP contribution >= 0.6 is 0 Å². The molecule has 1 aromatic carbocycles. The van der Waals surface area contributed by atoms with Gasteiger partial charge in [-0.05, 0) is 17.7 Å². The lowest BCUT2D eigenvalue weighted by atomic mass is 10.0. The summed E-state index contributed by atoms with van der Waals surface area (Å²) in [6.07, 6.45) is -4.39. The van der Waals surface area contributed by atoms with Gasteiger partial charge in [-0.2, -0.15) is 13.2 Å². The number of alkyl halides is 3. The number of nitrogens with zero attached hydrogens (tertiary/aromatic N) is 2. The van der Waals surface area contributed by atoms with Gasteiger partial charge in [-0.3, -0.25) is 0 Å².